The van der Waals surface area contributed by atoms with E-state index in [9.17, 15) is 4.79 Å². The first-order chi connectivity index (χ1) is 7.68. The van der Waals surface area contributed by atoms with Crippen molar-refractivity contribution in [1.29, 1.82) is 0 Å². The third kappa shape index (κ3) is 3.12. The van der Waals surface area contributed by atoms with Crippen LogP contribution in [0.15, 0.2) is 11.6 Å². The topological polar surface area (TPSA) is 56.0 Å². The van der Waals surface area contributed by atoms with E-state index in [1.807, 2.05) is 5.38 Å². The fourth-order valence-corrected chi connectivity index (χ4v) is 3.04. The Kier molecular flexibility index (Phi) is 3.71. The number of hydrogen-bond donors (Lipinski definition) is 1. The van der Waals surface area contributed by atoms with E-state index < -0.39 is 0 Å². The second kappa shape index (κ2) is 5.06. The van der Waals surface area contributed by atoms with Gasteiger partial charge in [0, 0.05) is 23.5 Å². The number of nitrogens with two attached hydrogens (primary N) is 1. The van der Waals surface area contributed by atoms with Crippen molar-refractivity contribution in [2.75, 3.05) is 0 Å². The van der Waals surface area contributed by atoms with Crippen molar-refractivity contribution < 1.29 is 4.79 Å². The van der Waals surface area contributed by atoms with Crippen LogP contribution in [0, 0.1) is 0 Å². The average molecular weight is 238 g/mol. The highest BCUT2D eigenvalue weighted by Gasteiger charge is 2.29. The van der Waals surface area contributed by atoms with Crippen LogP contribution in [-0.4, -0.2) is 16.3 Å². The van der Waals surface area contributed by atoms with Crippen molar-refractivity contribution >= 4 is 17.1 Å². The summed E-state index contributed by atoms with van der Waals surface area (Å²) in [6.07, 6.45) is 8.31. The van der Waals surface area contributed by atoms with Gasteiger partial charge in [-0.3, -0.25) is 4.79 Å². The highest BCUT2D eigenvalue weighted by molar-refractivity contribution is 7.09. The van der Waals surface area contributed by atoms with Gasteiger partial charge < -0.3 is 5.73 Å². The number of Topliss-reactive ketones (excluding diaryl/α,β-unsaturated/α-hetero) is 1. The molecule has 1 aromatic rings. The van der Waals surface area contributed by atoms with Crippen molar-refractivity contribution in [2.24, 2.45) is 5.73 Å². The minimum atomic E-state index is -0.230. The molecular formula is C12H18N2OS. The Morgan fingerprint density at radius 2 is 2.19 bits per heavy atom. The zero-order valence-electron chi connectivity index (χ0n) is 9.45. The number of nitrogens with zero attached hydrogens (tertiary/aromatic N) is 1. The van der Waals surface area contributed by atoms with Crippen LogP contribution in [0.1, 0.15) is 43.5 Å². The van der Waals surface area contributed by atoms with Crippen molar-refractivity contribution in [2.45, 2.75) is 50.5 Å². The molecule has 1 saturated carbocycles. The van der Waals surface area contributed by atoms with Gasteiger partial charge in [-0.15, -0.1) is 11.3 Å². The first-order valence-electron chi connectivity index (χ1n) is 5.87. The third-order valence-electron chi connectivity index (χ3n) is 3.23. The Balaban J connectivity index is 1.86. The molecule has 0 bridgehead atoms. The van der Waals surface area contributed by atoms with Gasteiger partial charge in [0.05, 0.1) is 11.4 Å². The normalized spacial score (nSPS) is 19.6. The molecule has 0 saturated heterocycles. The molecule has 0 aromatic carbocycles. The Morgan fingerprint density at radius 3 is 2.81 bits per heavy atom. The molecule has 0 aliphatic heterocycles. The van der Waals surface area contributed by atoms with E-state index >= 15 is 0 Å². The van der Waals surface area contributed by atoms with Crippen LogP contribution in [0.3, 0.4) is 0 Å². The van der Waals surface area contributed by atoms with Crippen molar-refractivity contribution in [1.82, 2.24) is 4.98 Å². The standard InChI is InChI=1S/C12H18N2OS/c13-12(4-2-1-3-5-12)9-10(15)8-11-14-6-7-16-11/h6-7H,1-5,8-9,13H2. The molecule has 4 heteroatoms. The van der Waals surface area contributed by atoms with Crippen molar-refractivity contribution in [3.8, 4) is 0 Å². The zero-order chi connectivity index (χ0) is 11.4. The number of thiazole rings is 1. The van der Waals surface area contributed by atoms with E-state index in [1.165, 1.54) is 30.6 Å². The highest BCUT2D eigenvalue weighted by Crippen LogP contribution is 2.29. The van der Waals surface area contributed by atoms with E-state index in [1.54, 1.807) is 6.20 Å². The summed E-state index contributed by atoms with van der Waals surface area (Å²) in [6, 6.07) is 0. The molecule has 16 heavy (non-hydrogen) atoms. The van der Waals surface area contributed by atoms with E-state index in [0.717, 1.165) is 17.8 Å². The third-order valence-corrected chi connectivity index (χ3v) is 4.01. The van der Waals surface area contributed by atoms with Gasteiger partial charge >= 0.3 is 0 Å². The lowest BCUT2D eigenvalue weighted by atomic mass is 9.79. The maximum Gasteiger partial charge on any atom is 0.141 e. The maximum atomic E-state index is 11.9. The Labute approximate surface area is 100 Å². The van der Waals surface area contributed by atoms with E-state index in [0.29, 0.717) is 12.8 Å². The lowest BCUT2D eigenvalue weighted by Gasteiger charge is -2.32. The van der Waals surface area contributed by atoms with E-state index in [2.05, 4.69) is 4.98 Å². The second-order valence-corrected chi connectivity index (χ2v) is 5.72. The summed E-state index contributed by atoms with van der Waals surface area (Å²) in [7, 11) is 0. The molecule has 1 aliphatic carbocycles. The molecule has 0 radical (unpaired) electrons. The Morgan fingerprint density at radius 1 is 1.44 bits per heavy atom. The predicted octanol–water partition coefficient (Wildman–Crippen LogP) is 2.31. The molecule has 2 N–H and O–H groups in total. The van der Waals surface area contributed by atoms with Gasteiger partial charge in [0.2, 0.25) is 0 Å². The van der Waals surface area contributed by atoms with Crippen molar-refractivity contribution in [3.63, 3.8) is 0 Å². The van der Waals surface area contributed by atoms with Gasteiger partial charge in [-0.2, -0.15) is 0 Å². The van der Waals surface area contributed by atoms with E-state index in [-0.39, 0.29) is 11.3 Å². The molecule has 0 spiro atoms. The lowest BCUT2D eigenvalue weighted by Crippen LogP contribution is -2.43. The molecule has 88 valence electrons. The second-order valence-electron chi connectivity index (χ2n) is 4.74. The number of carbonyl (C=O) groups excluding carboxylic acids is 1. The van der Waals surface area contributed by atoms with Gasteiger partial charge in [-0.1, -0.05) is 19.3 Å². The number of aromatic nitrogens is 1. The summed E-state index contributed by atoms with van der Waals surface area (Å²) < 4.78 is 0. The van der Waals surface area contributed by atoms with Gasteiger partial charge in [0.1, 0.15) is 5.78 Å². The van der Waals surface area contributed by atoms with Crippen LogP contribution in [0.4, 0.5) is 0 Å². The number of carbonyl (C=O) groups is 1. The highest BCUT2D eigenvalue weighted by atomic mass is 32.1. The first-order valence-corrected chi connectivity index (χ1v) is 6.75. The number of rotatable bonds is 4. The van der Waals surface area contributed by atoms with E-state index in [4.69, 9.17) is 5.73 Å². The predicted molar refractivity (Wildman–Crippen MR) is 65.4 cm³/mol. The van der Waals surface area contributed by atoms with Gasteiger partial charge in [-0.25, -0.2) is 4.98 Å². The minimum Gasteiger partial charge on any atom is -0.325 e. The molecular weight excluding hydrogens is 220 g/mol. The molecule has 0 atom stereocenters. The Hall–Kier alpha value is -0.740. The van der Waals surface area contributed by atoms with Gasteiger partial charge in [-0.05, 0) is 12.8 Å². The van der Waals surface area contributed by atoms with Crippen molar-refractivity contribution in [3.05, 3.63) is 16.6 Å². The monoisotopic (exact) mass is 238 g/mol. The van der Waals surface area contributed by atoms with Gasteiger partial charge in [0.15, 0.2) is 0 Å². The lowest BCUT2D eigenvalue weighted by molar-refractivity contribution is -0.119. The smallest absolute Gasteiger partial charge is 0.141 e. The Bertz CT molecular complexity index is 342. The molecule has 1 heterocycles. The molecule has 2 rings (SSSR count). The van der Waals surface area contributed by atoms with Crippen LogP contribution in [0.25, 0.3) is 0 Å². The molecule has 1 aromatic heterocycles. The molecule has 3 nitrogen and oxygen atoms in total. The van der Waals surface area contributed by atoms with Crippen LogP contribution in [-0.2, 0) is 11.2 Å². The summed E-state index contributed by atoms with van der Waals surface area (Å²) in [4.78, 5) is 16.0. The zero-order valence-corrected chi connectivity index (χ0v) is 10.3. The quantitative estimate of drug-likeness (QED) is 0.875. The van der Waals surface area contributed by atoms with Crippen LogP contribution in [0.5, 0.6) is 0 Å². The molecule has 1 aliphatic rings. The molecule has 1 fully saturated rings. The fourth-order valence-electron chi connectivity index (χ4n) is 2.40. The van der Waals surface area contributed by atoms with Gasteiger partial charge in [0.25, 0.3) is 0 Å². The first kappa shape index (κ1) is 11.7. The average Bonchev–Trinajstić information content (AvgIpc) is 2.70. The molecule has 0 unspecified atom stereocenters. The van der Waals surface area contributed by atoms with Crippen LogP contribution >= 0.6 is 11.3 Å². The minimum absolute atomic E-state index is 0.230. The van der Waals surface area contributed by atoms with Crippen LogP contribution < -0.4 is 5.73 Å². The summed E-state index contributed by atoms with van der Waals surface area (Å²) >= 11 is 1.54. The number of ketones is 1. The summed E-state index contributed by atoms with van der Waals surface area (Å²) in [5.41, 5.74) is 6.02. The fraction of sp³-hybridized carbons (Fsp3) is 0.667. The molecule has 0 amide bonds. The SMILES string of the molecule is NC1(CC(=O)Cc2nccs2)CCCCC1. The summed E-state index contributed by atoms with van der Waals surface area (Å²) in [6.45, 7) is 0. The largest absolute Gasteiger partial charge is 0.325 e. The number of hydrogen-bond acceptors (Lipinski definition) is 4. The maximum absolute atomic E-state index is 11.9. The van der Waals surface area contributed by atoms with Crippen LogP contribution in [0.2, 0.25) is 0 Å². The summed E-state index contributed by atoms with van der Waals surface area (Å²) in [5, 5.41) is 2.81. The summed E-state index contributed by atoms with van der Waals surface area (Å²) in [5.74, 6) is 0.236.